The molecule has 1 N–H and O–H groups in total. The highest BCUT2D eigenvalue weighted by Crippen LogP contribution is 2.23. The monoisotopic (exact) mass is 198 g/mol. The molecule has 1 amide bonds. The number of hydrogen-bond donors (Lipinski definition) is 1. The van der Waals surface area contributed by atoms with Crippen LogP contribution < -0.4 is 5.32 Å². The fourth-order valence-corrected chi connectivity index (χ4v) is 1.34. The van der Waals surface area contributed by atoms with Gasteiger partial charge < -0.3 is 4.74 Å². The third-order valence-corrected chi connectivity index (χ3v) is 2.22. The number of hydrogen-bond acceptors (Lipinski definition) is 4. The second-order valence-corrected chi connectivity index (χ2v) is 3.04. The Kier molecular flexibility index (Phi) is 3.57. The first-order chi connectivity index (χ1) is 6.27. The number of aromatic nitrogens is 1. The number of nitrogens with zero attached hydrogens (tertiary/aromatic N) is 1. The van der Waals surface area contributed by atoms with Crippen LogP contribution in [0, 0.1) is 0 Å². The molecule has 1 aromatic heterocycles. The van der Waals surface area contributed by atoms with E-state index in [1.165, 1.54) is 18.9 Å². The molecule has 0 bridgehead atoms. The van der Waals surface area contributed by atoms with E-state index in [-0.39, 0.29) is 0 Å². The number of nitrogens with one attached hydrogen (secondary N) is 1. The molecule has 0 radical (unpaired) electrons. The third kappa shape index (κ3) is 2.62. The molecule has 1 rings (SSSR count). The van der Waals surface area contributed by atoms with Crippen molar-refractivity contribution in [2.24, 2.45) is 0 Å². The van der Waals surface area contributed by atoms with E-state index in [0.29, 0.717) is 5.69 Å². The first kappa shape index (κ1) is 9.85. The third-order valence-electron chi connectivity index (χ3n) is 1.42. The summed E-state index contributed by atoms with van der Waals surface area (Å²) in [5, 5.41) is 2.57. The standard InChI is InChI=1S/C8H10N2O2S/c1-12-8(11)10-6-5-9-4-3-7(6)13-2/h3-5H,1-2H3,(H,10,11). The Morgan fingerprint density at radius 3 is 3.08 bits per heavy atom. The first-order valence-electron chi connectivity index (χ1n) is 3.61. The molecule has 1 aromatic rings. The van der Waals surface area contributed by atoms with E-state index in [1.54, 1.807) is 12.4 Å². The van der Waals surface area contributed by atoms with E-state index in [4.69, 9.17) is 0 Å². The minimum Gasteiger partial charge on any atom is -0.453 e. The molecular formula is C8H10N2O2S. The molecule has 5 heteroatoms. The van der Waals surface area contributed by atoms with Gasteiger partial charge in [0.1, 0.15) is 0 Å². The lowest BCUT2D eigenvalue weighted by Gasteiger charge is -2.06. The minimum atomic E-state index is -0.483. The van der Waals surface area contributed by atoms with E-state index in [9.17, 15) is 4.79 Å². The summed E-state index contributed by atoms with van der Waals surface area (Å²) in [7, 11) is 1.32. The summed E-state index contributed by atoms with van der Waals surface area (Å²) in [5.41, 5.74) is 0.668. The molecule has 0 aromatic carbocycles. The van der Waals surface area contributed by atoms with E-state index >= 15 is 0 Å². The summed E-state index contributed by atoms with van der Waals surface area (Å²) < 4.78 is 4.47. The van der Waals surface area contributed by atoms with Crippen LogP contribution in [0.1, 0.15) is 0 Å². The lowest BCUT2D eigenvalue weighted by molar-refractivity contribution is 0.187. The van der Waals surface area contributed by atoms with Gasteiger partial charge in [0.25, 0.3) is 0 Å². The van der Waals surface area contributed by atoms with Gasteiger partial charge in [0, 0.05) is 11.1 Å². The van der Waals surface area contributed by atoms with Crippen LogP contribution in [0.2, 0.25) is 0 Å². The lowest BCUT2D eigenvalue weighted by atomic mass is 10.4. The maximum Gasteiger partial charge on any atom is 0.411 e. The summed E-state index contributed by atoms with van der Waals surface area (Å²) in [6, 6.07) is 1.83. The molecule has 0 spiro atoms. The van der Waals surface area contributed by atoms with Crippen molar-refractivity contribution in [1.29, 1.82) is 0 Å². The normalized spacial score (nSPS) is 9.38. The predicted octanol–water partition coefficient (Wildman–Crippen LogP) is 1.98. The second kappa shape index (κ2) is 4.71. The zero-order valence-electron chi connectivity index (χ0n) is 7.40. The molecule has 70 valence electrons. The molecule has 0 saturated carbocycles. The number of anilines is 1. The average Bonchev–Trinajstić information content (AvgIpc) is 2.18. The van der Waals surface area contributed by atoms with Gasteiger partial charge in [-0.1, -0.05) is 0 Å². The predicted molar refractivity (Wildman–Crippen MR) is 52.0 cm³/mol. The van der Waals surface area contributed by atoms with E-state index < -0.39 is 6.09 Å². The highest BCUT2D eigenvalue weighted by Gasteiger charge is 2.04. The number of rotatable bonds is 2. The smallest absolute Gasteiger partial charge is 0.411 e. The van der Waals surface area contributed by atoms with Crippen LogP contribution in [-0.2, 0) is 4.74 Å². The Morgan fingerprint density at radius 1 is 1.69 bits per heavy atom. The van der Waals surface area contributed by atoms with Gasteiger partial charge in [-0.25, -0.2) is 4.79 Å². The molecule has 13 heavy (non-hydrogen) atoms. The SMILES string of the molecule is COC(=O)Nc1cnccc1SC. The van der Waals surface area contributed by atoms with Crippen molar-refractivity contribution in [3.05, 3.63) is 18.5 Å². The van der Waals surface area contributed by atoms with E-state index in [2.05, 4.69) is 15.0 Å². The Labute approximate surface area is 80.7 Å². The lowest BCUT2D eigenvalue weighted by Crippen LogP contribution is -2.11. The van der Waals surface area contributed by atoms with Gasteiger partial charge in [-0.2, -0.15) is 0 Å². The minimum absolute atomic E-state index is 0.483. The average molecular weight is 198 g/mol. The fraction of sp³-hybridized carbons (Fsp3) is 0.250. The van der Waals surface area contributed by atoms with Crippen molar-refractivity contribution in [2.45, 2.75) is 4.90 Å². The van der Waals surface area contributed by atoms with Crippen LogP contribution in [0.4, 0.5) is 10.5 Å². The van der Waals surface area contributed by atoms with Crippen LogP contribution in [0.3, 0.4) is 0 Å². The molecule has 0 atom stereocenters. The van der Waals surface area contributed by atoms with Gasteiger partial charge in [0.2, 0.25) is 0 Å². The number of carbonyl (C=O) groups is 1. The quantitative estimate of drug-likeness (QED) is 0.738. The van der Waals surface area contributed by atoms with Crippen LogP contribution >= 0.6 is 11.8 Å². The molecular weight excluding hydrogens is 188 g/mol. The Bertz CT molecular complexity index is 304. The summed E-state index contributed by atoms with van der Waals surface area (Å²) >= 11 is 1.54. The Balaban J connectivity index is 2.81. The summed E-state index contributed by atoms with van der Waals surface area (Å²) in [6.45, 7) is 0. The Hall–Kier alpha value is -1.23. The maximum atomic E-state index is 10.9. The number of pyridine rings is 1. The molecule has 0 aliphatic rings. The Morgan fingerprint density at radius 2 is 2.46 bits per heavy atom. The second-order valence-electron chi connectivity index (χ2n) is 2.19. The van der Waals surface area contributed by atoms with Gasteiger partial charge in [-0.15, -0.1) is 11.8 Å². The molecule has 0 saturated heterocycles. The van der Waals surface area contributed by atoms with Crippen LogP contribution in [0.5, 0.6) is 0 Å². The fourth-order valence-electron chi connectivity index (χ4n) is 0.815. The van der Waals surface area contributed by atoms with Crippen LogP contribution in [0.25, 0.3) is 0 Å². The topological polar surface area (TPSA) is 51.2 Å². The van der Waals surface area contributed by atoms with Crippen LogP contribution in [-0.4, -0.2) is 24.4 Å². The van der Waals surface area contributed by atoms with Crippen molar-refractivity contribution in [3.8, 4) is 0 Å². The molecule has 4 nitrogen and oxygen atoms in total. The van der Waals surface area contributed by atoms with Crippen molar-refractivity contribution < 1.29 is 9.53 Å². The van der Waals surface area contributed by atoms with Gasteiger partial charge in [0.15, 0.2) is 0 Å². The summed E-state index contributed by atoms with van der Waals surface area (Å²) in [5.74, 6) is 0. The zero-order chi connectivity index (χ0) is 9.68. The van der Waals surface area contributed by atoms with Crippen molar-refractivity contribution >= 4 is 23.5 Å². The summed E-state index contributed by atoms with van der Waals surface area (Å²) in [4.78, 5) is 15.7. The van der Waals surface area contributed by atoms with Crippen molar-refractivity contribution in [2.75, 3.05) is 18.7 Å². The van der Waals surface area contributed by atoms with Gasteiger partial charge in [-0.3, -0.25) is 10.3 Å². The number of carbonyl (C=O) groups excluding carboxylic acids is 1. The van der Waals surface area contributed by atoms with Crippen molar-refractivity contribution in [1.82, 2.24) is 4.98 Å². The van der Waals surface area contributed by atoms with Gasteiger partial charge in [-0.05, 0) is 12.3 Å². The highest BCUT2D eigenvalue weighted by atomic mass is 32.2. The van der Waals surface area contributed by atoms with Crippen LogP contribution in [0.15, 0.2) is 23.4 Å². The van der Waals surface area contributed by atoms with Gasteiger partial charge in [0.05, 0.1) is 19.0 Å². The number of methoxy groups -OCH3 is 1. The van der Waals surface area contributed by atoms with Gasteiger partial charge >= 0.3 is 6.09 Å². The van der Waals surface area contributed by atoms with E-state index in [1.807, 2.05) is 12.3 Å². The molecule has 0 unspecified atom stereocenters. The summed E-state index contributed by atoms with van der Waals surface area (Å²) in [6.07, 6.45) is 4.71. The highest BCUT2D eigenvalue weighted by molar-refractivity contribution is 7.98. The number of thioether (sulfide) groups is 1. The van der Waals surface area contributed by atoms with E-state index in [0.717, 1.165) is 4.90 Å². The number of amides is 1. The maximum absolute atomic E-state index is 10.9. The first-order valence-corrected chi connectivity index (χ1v) is 4.83. The molecule has 1 heterocycles. The zero-order valence-corrected chi connectivity index (χ0v) is 8.22. The molecule has 0 fully saturated rings. The van der Waals surface area contributed by atoms with Crippen molar-refractivity contribution in [3.63, 3.8) is 0 Å². The largest absolute Gasteiger partial charge is 0.453 e. The molecule has 0 aliphatic carbocycles. The number of ether oxygens (including phenoxy) is 1. The molecule has 0 aliphatic heterocycles.